The van der Waals surface area contributed by atoms with E-state index in [1.165, 1.54) is 0 Å². The Morgan fingerprint density at radius 3 is 2.75 bits per heavy atom. The summed E-state index contributed by atoms with van der Waals surface area (Å²) in [6.07, 6.45) is 0. The Morgan fingerprint density at radius 2 is 2.50 bits per heavy atom. The minimum absolute atomic E-state index is 0.352. The van der Waals surface area contributed by atoms with E-state index in [9.17, 15) is 0 Å². The van der Waals surface area contributed by atoms with Crippen LogP contribution in [0.4, 0.5) is 0 Å². The smallest absolute Gasteiger partial charge is 0.170 e. The van der Waals surface area contributed by atoms with Crippen molar-refractivity contribution in [1.82, 2.24) is 15.4 Å². The van der Waals surface area contributed by atoms with Crippen LogP contribution in [0.2, 0.25) is 0 Å². The van der Waals surface area contributed by atoms with Gasteiger partial charge in [-0.05, 0) is 15.9 Å². The van der Waals surface area contributed by atoms with Gasteiger partial charge in [0.25, 0.3) is 0 Å². The second-order valence-corrected chi connectivity index (χ2v) is 1.84. The number of nitrogens with one attached hydrogen (secondary N) is 1. The van der Waals surface area contributed by atoms with Crippen molar-refractivity contribution >= 4 is 15.9 Å². The second-order valence-electron chi connectivity index (χ2n) is 1.09. The summed E-state index contributed by atoms with van der Waals surface area (Å²) in [5.74, 6) is 0. The van der Waals surface area contributed by atoms with Gasteiger partial charge in [-0.2, -0.15) is 5.26 Å². The van der Waals surface area contributed by atoms with Gasteiger partial charge >= 0.3 is 0 Å². The zero-order valence-electron chi connectivity index (χ0n) is 3.72. The fourth-order valence-corrected chi connectivity index (χ4v) is 0.543. The number of hydrogen-bond acceptors (Lipinski definition) is 3. The Morgan fingerprint density at radius 1 is 1.75 bits per heavy atom. The fourth-order valence-electron chi connectivity index (χ4n) is 0.286. The van der Waals surface area contributed by atoms with E-state index in [1.54, 1.807) is 0 Å². The van der Waals surface area contributed by atoms with Crippen LogP contribution in [0.5, 0.6) is 0 Å². The number of hydrogen-bond donors (Lipinski definition) is 1. The van der Waals surface area contributed by atoms with Crippen molar-refractivity contribution in [2.24, 2.45) is 0 Å². The van der Waals surface area contributed by atoms with Gasteiger partial charge < -0.3 is 0 Å². The number of rotatable bonds is 0. The van der Waals surface area contributed by atoms with Crippen LogP contribution in [0.3, 0.4) is 0 Å². The van der Waals surface area contributed by atoms with Crippen LogP contribution in [-0.4, -0.2) is 15.4 Å². The Balaban J connectivity index is 3.15. The van der Waals surface area contributed by atoms with Gasteiger partial charge in [-0.25, -0.2) is 5.10 Å². The average molecular weight is 173 g/mol. The maximum atomic E-state index is 8.22. The van der Waals surface area contributed by atoms with Crippen molar-refractivity contribution in [2.45, 2.75) is 0 Å². The molecule has 0 aliphatic heterocycles. The molecule has 5 heteroatoms. The summed E-state index contributed by atoms with van der Waals surface area (Å²) in [4.78, 5) is 0. The Bertz CT molecular complexity index is 221. The highest BCUT2D eigenvalue weighted by Crippen LogP contribution is 2.05. The van der Waals surface area contributed by atoms with Gasteiger partial charge in [0.1, 0.15) is 6.07 Å². The monoisotopic (exact) mass is 172 g/mol. The number of nitrogens with zero attached hydrogens (tertiary/aromatic N) is 3. The quantitative estimate of drug-likeness (QED) is 0.618. The first-order chi connectivity index (χ1) is 3.84. The summed E-state index contributed by atoms with van der Waals surface area (Å²) in [6.45, 7) is 0. The number of aromatic amines is 1. The lowest BCUT2D eigenvalue weighted by atomic mass is 10.6. The first-order valence-corrected chi connectivity index (χ1v) is 2.60. The molecule has 0 spiro atoms. The lowest BCUT2D eigenvalue weighted by molar-refractivity contribution is 0.930. The Labute approximate surface area is 53.6 Å². The predicted octanol–water partition coefficient (Wildman–Crippen LogP) is 0.439. The lowest BCUT2D eigenvalue weighted by Crippen LogP contribution is -1.71. The first-order valence-electron chi connectivity index (χ1n) is 1.81. The largest absolute Gasteiger partial charge is 0.247 e. The van der Waals surface area contributed by atoms with E-state index < -0.39 is 0 Å². The van der Waals surface area contributed by atoms with Gasteiger partial charge in [0.05, 0.1) is 0 Å². The maximum absolute atomic E-state index is 8.22. The summed E-state index contributed by atoms with van der Waals surface area (Å²) < 4.78 is 0.458. The summed E-state index contributed by atoms with van der Waals surface area (Å²) in [5, 5.41) is 17.4. The van der Waals surface area contributed by atoms with Crippen molar-refractivity contribution in [3.8, 4) is 6.07 Å². The van der Waals surface area contributed by atoms with Gasteiger partial charge in [-0.15, -0.1) is 5.10 Å². The molecule has 8 heavy (non-hydrogen) atoms. The van der Waals surface area contributed by atoms with Crippen LogP contribution in [0.1, 0.15) is 5.69 Å². The number of aromatic nitrogens is 3. The minimum Gasteiger partial charge on any atom is -0.247 e. The third kappa shape index (κ3) is 0.699. The molecule has 0 aliphatic carbocycles. The molecule has 0 unspecified atom stereocenters. The molecule has 0 atom stereocenters. The molecule has 0 saturated heterocycles. The van der Waals surface area contributed by atoms with Gasteiger partial charge in [-0.3, -0.25) is 0 Å². The van der Waals surface area contributed by atoms with Crippen LogP contribution in [0.25, 0.3) is 0 Å². The first kappa shape index (κ1) is 5.25. The molecule has 0 radical (unpaired) electrons. The topological polar surface area (TPSA) is 65.4 Å². The maximum Gasteiger partial charge on any atom is 0.170 e. The van der Waals surface area contributed by atoms with E-state index in [2.05, 4.69) is 31.3 Å². The predicted molar refractivity (Wildman–Crippen MR) is 28.8 cm³/mol. The average Bonchev–Trinajstić information content (AvgIpc) is 2.14. The van der Waals surface area contributed by atoms with E-state index in [4.69, 9.17) is 5.26 Å². The highest BCUT2D eigenvalue weighted by molar-refractivity contribution is 9.10. The molecule has 1 heterocycles. The zero-order valence-corrected chi connectivity index (χ0v) is 5.31. The van der Waals surface area contributed by atoms with E-state index in [0.717, 1.165) is 0 Å². The van der Waals surface area contributed by atoms with Crippen molar-refractivity contribution < 1.29 is 0 Å². The van der Waals surface area contributed by atoms with Crippen molar-refractivity contribution in [2.75, 3.05) is 0 Å². The molecular weight excluding hydrogens is 172 g/mol. The number of nitriles is 1. The summed E-state index contributed by atoms with van der Waals surface area (Å²) in [5.41, 5.74) is 0.352. The molecule has 0 saturated carbocycles. The van der Waals surface area contributed by atoms with E-state index in [-0.39, 0.29) is 0 Å². The summed E-state index contributed by atoms with van der Waals surface area (Å²) in [6, 6.07) is 1.85. The number of halogens is 1. The van der Waals surface area contributed by atoms with E-state index in [1.807, 2.05) is 6.07 Å². The Hall–Kier alpha value is -0.890. The van der Waals surface area contributed by atoms with Crippen LogP contribution in [-0.2, 0) is 0 Å². The van der Waals surface area contributed by atoms with Crippen molar-refractivity contribution in [1.29, 1.82) is 5.26 Å². The normalized spacial score (nSPS) is 8.50. The molecule has 1 aromatic rings. The standard InChI is InChI=1S/C3HBrN4/c4-3-2(1-5)6-8-7-3/h(H,6,7,8). The SMILES string of the molecule is N#Cc1[nH]nnc1Br. The van der Waals surface area contributed by atoms with Gasteiger partial charge in [0, 0.05) is 0 Å². The minimum atomic E-state index is 0.352. The molecule has 1 N–H and O–H groups in total. The molecule has 0 aliphatic rings. The van der Waals surface area contributed by atoms with E-state index >= 15 is 0 Å². The zero-order chi connectivity index (χ0) is 5.98. The molecule has 40 valence electrons. The summed E-state index contributed by atoms with van der Waals surface area (Å²) in [7, 11) is 0. The highest BCUT2D eigenvalue weighted by atomic mass is 79.9. The van der Waals surface area contributed by atoms with Crippen molar-refractivity contribution in [3.63, 3.8) is 0 Å². The molecule has 1 aromatic heterocycles. The summed E-state index contributed by atoms with van der Waals surface area (Å²) >= 11 is 3.00. The molecular formula is C3HBrN4. The van der Waals surface area contributed by atoms with Crippen LogP contribution in [0.15, 0.2) is 4.60 Å². The molecule has 0 aromatic carbocycles. The highest BCUT2D eigenvalue weighted by Gasteiger charge is 1.98. The van der Waals surface area contributed by atoms with Crippen LogP contribution < -0.4 is 0 Å². The van der Waals surface area contributed by atoms with Gasteiger partial charge in [0.15, 0.2) is 10.3 Å². The van der Waals surface area contributed by atoms with Crippen LogP contribution >= 0.6 is 15.9 Å². The lowest BCUT2D eigenvalue weighted by Gasteiger charge is -1.70. The van der Waals surface area contributed by atoms with E-state index in [0.29, 0.717) is 10.3 Å². The molecule has 0 fully saturated rings. The fraction of sp³-hybridized carbons (Fsp3) is 0. The third-order valence-corrected chi connectivity index (χ3v) is 1.17. The Kier molecular flexibility index (Phi) is 1.26. The van der Waals surface area contributed by atoms with Crippen LogP contribution in [0, 0.1) is 11.3 Å². The molecule has 0 amide bonds. The molecule has 0 bridgehead atoms. The molecule has 1 rings (SSSR count). The van der Waals surface area contributed by atoms with Gasteiger partial charge in [-0.1, -0.05) is 5.21 Å². The number of H-pyrrole nitrogens is 1. The van der Waals surface area contributed by atoms with Gasteiger partial charge in [0.2, 0.25) is 0 Å². The second kappa shape index (κ2) is 1.92. The van der Waals surface area contributed by atoms with Crippen molar-refractivity contribution in [3.05, 3.63) is 10.3 Å². The third-order valence-electron chi connectivity index (χ3n) is 0.618. The molecule has 4 nitrogen and oxygen atoms in total.